The van der Waals surface area contributed by atoms with Crippen LogP contribution in [0.25, 0.3) is 0 Å². The number of nitrogens with one attached hydrogen (secondary N) is 1. The molecule has 1 amide bonds. The number of hydrogen-bond acceptors (Lipinski definition) is 3. The van der Waals surface area contributed by atoms with E-state index in [0.29, 0.717) is 5.69 Å². The van der Waals surface area contributed by atoms with E-state index >= 15 is 0 Å². The second kappa shape index (κ2) is 7.99. The molecule has 0 saturated carbocycles. The molecule has 2 aromatic rings. The zero-order chi connectivity index (χ0) is 19.3. The third-order valence-corrected chi connectivity index (χ3v) is 3.39. The quantitative estimate of drug-likeness (QED) is 0.641. The van der Waals surface area contributed by atoms with E-state index in [9.17, 15) is 27.2 Å². The molecule has 4 nitrogen and oxygen atoms in total. The van der Waals surface area contributed by atoms with Gasteiger partial charge in [-0.05, 0) is 42.8 Å². The van der Waals surface area contributed by atoms with E-state index in [2.05, 4.69) is 5.32 Å². The van der Waals surface area contributed by atoms with Gasteiger partial charge in [0.1, 0.15) is 5.82 Å². The molecule has 1 N–H and O–H groups in total. The number of ether oxygens (including phenoxy) is 1. The Bertz CT molecular complexity index is 788. The average molecular weight is 369 g/mol. The largest absolute Gasteiger partial charge is 0.452 e. The summed E-state index contributed by atoms with van der Waals surface area (Å²) in [6.45, 7) is 1.32. The number of carbonyl (C=O) groups is 2. The summed E-state index contributed by atoms with van der Waals surface area (Å²) in [6, 6.07) is 9.28. The van der Waals surface area contributed by atoms with Gasteiger partial charge < -0.3 is 10.1 Å². The molecular weight excluding hydrogens is 354 g/mol. The molecule has 26 heavy (non-hydrogen) atoms. The van der Waals surface area contributed by atoms with Crippen LogP contribution in [0.4, 0.5) is 23.2 Å². The topological polar surface area (TPSA) is 55.4 Å². The molecule has 0 unspecified atom stereocenters. The van der Waals surface area contributed by atoms with E-state index in [-0.39, 0.29) is 5.56 Å². The molecule has 1 atom stereocenters. The molecule has 0 saturated heterocycles. The van der Waals surface area contributed by atoms with Crippen molar-refractivity contribution in [3.05, 3.63) is 65.5 Å². The highest BCUT2D eigenvalue weighted by Gasteiger charge is 2.30. The summed E-state index contributed by atoms with van der Waals surface area (Å²) in [7, 11) is 0. The molecule has 0 heterocycles. The molecule has 0 spiro atoms. The van der Waals surface area contributed by atoms with Crippen molar-refractivity contribution in [2.24, 2.45) is 0 Å². The highest BCUT2D eigenvalue weighted by atomic mass is 19.4. The molecule has 2 rings (SSSR count). The Labute approximate surface area is 146 Å². The number of anilines is 1. The maximum absolute atomic E-state index is 12.8. The van der Waals surface area contributed by atoms with Gasteiger partial charge in [-0.1, -0.05) is 18.2 Å². The van der Waals surface area contributed by atoms with Crippen LogP contribution in [0.1, 0.15) is 18.1 Å². The predicted molar refractivity (Wildman–Crippen MR) is 85.7 cm³/mol. The van der Waals surface area contributed by atoms with Gasteiger partial charge in [-0.2, -0.15) is 13.2 Å². The summed E-state index contributed by atoms with van der Waals surface area (Å²) in [4.78, 5) is 23.8. The maximum atomic E-state index is 12.8. The first kappa shape index (κ1) is 19.4. The van der Waals surface area contributed by atoms with Crippen LogP contribution in [-0.4, -0.2) is 18.0 Å². The second-order valence-corrected chi connectivity index (χ2v) is 5.50. The van der Waals surface area contributed by atoms with Crippen LogP contribution in [-0.2, 0) is 26.9 Å². The van der Waals surface area contributed by atoms with Crippen LogP contribution >= 0.6 is 0 Å². The Morgan fingerprint density at radius 2 is 1.77 bits per heavy atom. The Kier molecular flexibility index (Phi) is 5.97. The number of rotatable bonds is 5. The van der Waals surface area contributed by atoms with E-state index < -0.39 is 42.0 Å². The van der Waals surface area contributed by atoms with Gasteiger partial charge in [0.25, 0.3) is 5.91 Å². The molecule has 0 aliphatic carbocycles. The highest BCUT2D eigenvalue weighted by molar-refractivity contribution is 5.95. The van der Waals surface area contributed by atoms with Gasteiger partial charge in [-0.3, -0.25) is 9.59 Å². The van der Waals surface area contributed by atoms with E-state index in [1.54, 1.807) is 0 Å². The number of amides is 1. The lowest BCUT2D eigenvalue weighted by atomic mass is 10.1. The van der Waals surface area contributed by atoms with Crippen molar-refractivity contribution in [1.82, 2.24) is 0 Å². The number of hydrogen-bond donors (Lipinski definition) is 1. The fourth-order valence-corrected chi connectivity index (χ4v) is 2.09. The number of esters is 1. The van der Waals surface area contributed by atoms with E-state index in [0.717, 1.165) is 24.3 Å². The molecule has 2 aromatic carbocycles. The predicted octanol–water partition coefficient (Wildman–Crippen LogP) is 3.96. The lowest BCUT2D eigenvalue weighted by Crippen LogP contribution is -2.30. The zero-order valence-electron chi connectivity index (χ0n) is 13.6. The highest BCUT2D eigenvalue weighted by Crippen LogP contribution is 2.29. The minimum absolute atomic E-state index is 0.121. The zero-order valence-corrected chi connectivity index (χ0v) is 13.6. The minimum atomic E-state index is -4.51. The molecule has 0 aromatic heterocycles. The first-order valence-corrected chi connectivity index (χ1v) is 7.57. The van der Waals surface area contributed by atoms with Crippen LogP contribution in [0.5, 0.6) is 0 Å². The van der Waals surface area contributed by atoms with E-state index in [4.69, 9.17) is 4.74 Å². The molecule has 8 heteroatoms. The van der Waals surface area contributed by atoms with Gasteiger partial charge in [-0.25, -0.2) is 4.39 Å². The van der Waals surface area contributed by atoms with E-state index in [1.807, 2.05) is 0 Å². The van der Waals surface area contributed by atoms with Crippen LogP contribution in [0.15, 0.2) is 48.5 Å². The molecule has 0 aliphatic rings. The lowest BCUT2D eigenvalue weighted by molar-refractivity contribution is -0.152. The van der Waals surface area contributed by atoms with Crippen molar-refractivity contribution in [1.29, 1.82) is 0 Å². The smallest absolute Gasteiger partial charge is 0.416 e. The van der Waals surface area contributed by atoms with Crippen LogP contribution in [0, 0.1) is 5.82 Å². The first-order chi connectivity index (χ1) is 12.1. The number of halogens is 4. The van der Waals surface area contributed by atoms with Gasteiger partial charge in [0.05, 0.1) is 12.0 Å². The summed E-state index contributed by atoms with van der Waals surface area (Å²) < 4.78 is 55.7. The monoisotopic (exact) mass is 369 g/mol. The molecule has 0 bridgehead atoms. The van der Waals surface area contributed by atoms with Crippen LogP contribution in [0.2, 0.25) is 0 Å². The molecule has 0 aliphatic heterocycles. The Hall–Kier alpha value is -2.90. The summed E-state index contributed by atoms with van der Waals surface area (Å²) in [5.74, 6) is -1.95. The second-order valence-electron chi connectivity index (χ2n) is 5.50. The van der Waals surface area contributed by atoms with Gasteiger partial charge in [-0.15, -0.1) is 0 Å². The summed E-state index contributed by atoms with van der Waals surface area (Å²) in [6.07, 6.45) is -6.08. The minimum Gasteiger partial charge on any atom is -0.452 e. The SMILES string of the molecule is C[C@@H](OC(=O)Cc1cccc(C(F)(F)F)c1)C(=O)Nc1ccc(F)cc1. The molecule has 0 radical (unpaired) electrons. The normalized spacial score (nSPS) is 12.3. The summed E-state index contributed by atoms with van der Waals surface area (Å²) >= 11 is 0. The van der Waals surface area contributed by atoms with Crippen molar-refractivity contribution in [2.45, 2.75) is 25.6 Å². The van der Waals surface area contributed by atoms with Crippen molar-refractivity contribution in [2.75, 3.05) is 5.32 Å². The third-order valence-electron chi connectivity index (χ3n) is 3.39. The van der Waals surface area contributed by atoms with Gasteiger partial charge in [0.15, 0.2) is 6.10 Å². The molecular formula is C18H15F4NO3. The van der Waals surface area contributed by atoms with Crippen LogP contribution in [0.3, 0.4) is 0 Å². The number of carbonyl (C=O) groups excluding carboxylic acids is 2. The molecule has 138 valence electrons. The van der Waals surface area contributed by atoms with Crippen molar-refractivity contribution in [3.63, 3.8) is 0 Å². The van der Waals surface area contributed by atoms with Gasteiger partial charge in [0, 0.05) is 5.69 Å². The number of alkyl halides is 3. The average Bonchev–Trinajstić information content (AvgIpc) is 2.56. The van der Waals surface area contributed by atoms with Gasteiger partial charge >= 0.3 is 12.1 Å². The fourth-order valence-electron chi connectivity index (χ4n) is 2.09. The molecule has 0 fully saturated rings. The van der Waals surface area contributed by atoms with Crippen molar-refractivity contribution < 1.29 is 31.9 Å². The third kappa shape index (κ3) is 5.58. The van der Waals surface area contributed by atoms with E-state index in [1.165, 1.54) is 31.2 Å². The first-order valence-electron chi connectivity index (χ1n) is 7.57. The lowest BCUT2D eigenvalue weighted by Gasteiger charge is -2.14. The van der Waals surface area contributed by atoms with Crippen molar-refractivity contribution >= 4 is 17.6 Å². The summed E-state index contributed by atoms with van der Waals surface area (Å²) in [5, 5.41) is 2.44. The maximum Gasteiger partial charge on any atom is 0.416 e. The Morgan fingerprint density at radius 3 is 2.38 bits per heavy atom. The van der Waals surface area contributed by atoms with Gasteiger partial charge in [0.2, 0.25) is 0 Å². The fraction of sp³-hybridized carbons (Fsp3) is 0.222. The van der Waals surface area contributed by atoms with Crippen LogP contribution < -0.4 is 5.32 Å². The van der Waals surface area contributed by atoms with Crippen molar-refractivity contribution in [3.8, 4) is 0 Å². The Balaban J connectivity index is 1.92. The standard InChI is InChI=1S/C18H15F4NO3/c1-11(17(25)23-15-7-5-14(19)6-8-15)26-16(24)10-12-3-2-4-13(9-12)18(20,21)22/h2-9,11H,10H2,1H3,(H,23,25)/t11-/m1/s1. The Morgan fingerprint density at radius 1 is 1.12 bits per heavy atom. The number of benzene rings is 2. The summed E-state index contributed by atoms with van der Waals surface area (Å²) in [5.41, 5.74) is -0.432.